The molecule has 5 aliphatic rings. The molecular weight excluding hydrogens is 392 g/mol. The van der Waals surface area contributed by atoms with Gasteiger partial charge in [0.05, 0.1) is 6.10 Å². The maximum Gasteiger partial charge on any atom is 0.0594 e. The fraction of sp³-hybridized carbons (Fsp3) is 0.933. The molecule has 0 aromatic heterocycles. The number of fused-ring (bicyclic) bond motifs is 7. The molecule has 10 atom stereocenters. The lowest BCUT2D eigenvalue weighted by Crippen LogP contribution is -2.66. The van der Waals surface area contributed by atoms with Crippen LogP contribution < -0.4 is 0 Å². The molecule has 0 aliphatic heterocycles. The van der Waals surface area contributed by atoms with Crippen LogP contribution in [0, 0.1) is 56.7 Å². The van der Waals surface area contributed by atoms with Crippen molar-refractivity contribution in [2.45, 2.75) is 112 Å². The summed E-state index contributed by atoms with van der Waals surface area (Å²) >= 11 is 0. The molecule has 0 unspecified atom stereocenters. The molecule has 32 heavy (non-hydrogen) atoms. The lowest BCUT2D eigenvalue weighted by Gasteiger charge is -2.73. The Morgan fingerprint density at radius 3 is 2.19 bits per heavy atom. The van der Waals surface area contributed by atoms with Crippen molar-refractivity contribution in [3.63, 3.8) is 0 Å². The van der Waals surface area contributed by atoms with Gasteiger partial charge in [0.15, 0.2) is 0 Å². The van der Waals surface area contributed by atoms with Gasteiger partial charge in [-0.3, -0.25) is 0 Å². The first-order valence-electron chi connectivity index (χ1n) is 13.8. The molecule has 5 fully saturated rings. The van der Waals surface area contributed by atoms with E-state index in [0.29, 0.717) is 40.6 Å². The van der Waals surface area contributed by atoms with E-state index in [1.54, 1.807) is 0 Å². The third-order valence-electron chi connectivity index (χ3n) is 13.5. The molecule has 0 aromatic carbocycles. The average molecular weight is 443 g/mol. The van der Waals surface area contributed by atoms with Crippen LogP contribution in [-0.4, -0.2) is 22.9 Å². The summed E-state index contributed by atoms with van der Waals surface area (Å²) in [6.45, 7) is 19.7. The molecule has 182 valence electrons. The zero-order valence-electron chi connectivity index (χ0n) is 21.8. The monoisotopic (exact) mass is 442 g/mol. The molecule has 0 amide bonds. The molecule has 5 saturated carbocycles. The minimum Gasteiger partial charge on any atom is -0.396 e. The van der Waals surface area contributed by atoms with Crippen LogP contribution in [-0.2, 0) is 0 Å². The van der Waals surface area contributed by atoms with Crippen molar-refractivity contribution in [1.29, 1.82) is 0 Å². The van der Waals surface area contributed by atoms with Gasteiger partial charge in [0.25, 0.3) is 0 Å². The van der Waals surface area contributed by atoms with Gasteiger partial charge in [-0.1, -0.05) is 46.8 Å². The van der Waals surface area contributed by atoms with E-state index in [0.717, 1.165) is 18.3 Å². The van der Waals surface area contributed by atoms with Crippen molar-refractivity contribution < 1.29 is 10.2 Å². The Labute approximate surface area is 197 Å². The molecule has 2 heteroatoms. The SMILES string of the molecule is C=C(C)[C@@H]1CC[C@@]2(CO)CC[C@@]3(C)[C@@H](CC[C@H]4[C@]5(C)CC[C@H](O)C(C)(C)[C@@H]5CC[C@@]43C)[C@H]12. The predicted molar refractivity (Wildman–Crippen MR) is 132 cm³/mol. The minimum absolute atomic E-state index is 0.0290. The highest BCUT2D eigenvalue weighted by atomic mass is 16.3. The third-order valence-corrected chi connectivity index (χ3v) is 13.5. The maximum atomic E-state index is 10.9. The second-order valence-electron chi connectivity index (χ2n) is 14.6. The molecule has 5 aliphatic carbocycles. The third kappa shape index (κ3) is 2.66. The van der Waals surface area contributed by atoms with Crippen molar-refractivity contribution in [2.75, 3.05) is 6.61 Å². The summed E-state index contributed by atoms with van der Waals surface area (Å²) in [5.74, 6) is 3.33. The first-order chi connectivity index (χ1) is 14.9. The fourth-order valence-electron chi connectivity index (χ4n) is 11.5. The molecule has 0 aromatic rings. The van der Waals surface area contributed by atoms with Gasteiger partial charge in [0, 0.05) is 6.61 Å². The molecule has 5 rings (SSSR count). The van der Waals surface area contributed by atoms with E-state index in [4.69, 9.17) is 0 Å². The molecule has 0 spiro atoms. The van der Waals surface area contributed by atoms with Crippen LogP contribution >= 0.6 is 0 Å². The van der Waals surface area contributed by atoms with Crippen LogP contribution in [0.25, 0.3) is 0 Å². The highest BCUT2D eigenvalue weighted by Gasteiger charge is 2.70. The Morgan fingerprint density at radius 1 is 0.812 bits per heavy atom. The molecule has 0 radical (unpaired) electrons. The largest absolute Gasteiger partial charge is 0.396 e. The van der Waals surface area contributed by atoms with Crippen LogP contribution in [0.3, 0.4) is 0 Å². The van der Waals surface area contributed by atoms with Gasteiger partial charge >= 0.3 is 0 Å². The van der Waals surface area contributed by atoms with Gasteiger partial charge in [-0.15, -0.1) is 0 Å². The first kappa shape index (κ1) is 23.4. The quantitative estimate of drug-likeness (QED) is 0.452. The Balaban J connectivity index is 1.55. The predicted octanol–water partition coefficient (Wildman–Crippen LogP) is 7.00. The van der Waals surface area contributed by atoms with E-state index in [-0.39, 0.29) is 16.9 Å². The van der Waals surface area contributed by atoms with Gasteiger partial charge in [0.1, 0.15) is 0 Å². The van der Waals surface area contributed by atoms with Crippen LogP contribution in [0.4, 0.5) is 0 Å². The van der Waals surface area contributed by atoms with Crippen LogP contribution in [0.5, 0.6) is 0 Å². The van der Waals surface area contributed by atoms with Crippen molar-refractivity contribution in [1.82, 2.24) is 0 Å². The Kier molecular flexibility index (Phi) is 5.19. The lowest BCUT2D eigenvalue weighted by molar-refractivity contribution is -0.249. The Bertz CT molecular complexity index is 786. The number of hydrogen-bond acceptors (Lipinski definition) is 2. The summed E-state index contributed by atoms with van der Waals surface area (Å²) in [6, 6.07) is 0. The van der Waals surface area contributed by atoms with Crippen molar-refractivity contribution in [2.24, 2.45) is 56.7 Å². The molecule has 0 saturated heterocycles. The van der Waals surface area contributed by atoms with E-state index in [1.165, 1.54) is 63.4 Å². The van der Waals surface area contributed by atoms with Gasteiger partial charge < -0.3 is 10.2 Å². The standard InChI is InChI=1S/C30H50O2/c1-19(2)20-10-15-30(18-31)17-16-28(6)21(25(20)30)8-9-23-27(5)13-12-24(32)26(3,4)22(27)11-14-29(23,28)7/h20-25,31-32H,1,8-18H2,2-7H3/t20-,21-,22-,23-,24-,25-,27+,28-,29-,30-/m0/s1. The van der Waals surface area contributed by atoms with Crippen LogP contribution in [0.2, 0.25) is 0 Å². The Hall–Kier alpha value is -0.340. The zero-order valence-corrected chi connectivity index (χ0v) is 21.8. The van der Waals surface area contributed by atoms with E-state index in [1.807, 2.05) is 0 Å². The summed E-state index contributed by atoms with van der Waals surface area (Å²) in [7, 11) is 0. The van der Waals surface area contributed by atoms with E-state index in [9.17, 15) is 10.2 Å². The summed E-state index contributed by atoms with van der Waals surface area (Å²) in [5.41, 5.74) is 2.60. The second-order valence-corrected chi connectivity index (χ2v) is 14.6. The van der Waals surface area contributed by atoms with E-state index in [2.05, 4.69) is 48.1 Å². The highest BCUT2D eigenvalue weighted by Crippen LogP contribution is 2.77. The van der Waals surface area contributed by atoms with Crippen molar-refractivity contribution >= 4 is 0 Å². The van der Waals surface area contributed by atoms with Crippen molar-refractivity contribution in [3.8, 4) is 0 Å². The summed E-state index contributed by atoms with van der Waals surface area (Å²) < 4.78 is 0. The van der Waals surface area contributed by atoms with E-state index >= 15 is 0 Å². The fourth-order valence-corrected chi connectivity index (χ4v) is 11.5. The molecule has 0 heterocycles. The minimum atomic E-state index is -0.147. The topological polar surface area (TPSA) is 40.5 Å². The Morgan fingerprint density at radius 2 is 1.53 bits per heavy atom. The number of aliphatic hydroxyl groups excluding tert-OH is 2. The van der Waals surface area contributed by atoms with Gasteiger partial charge in [-0.05, 0) is 128 Å². The number of rotatable bonds is 2. The normalized spacial score (nSPS) is 56.5. The summed E-state index contributed by atoms with van der Waals surface area (Å²) in [6.07, 6.45) is 12.2. The van der Waals surface area contributed by atoms with E-state index < -0.39 is 0 Å². The van der Waals surface area contributed by atoms with Crippen molar-refractivity contribution in [3.05, 3.63) is 12.2 Å². The van der Waals surface area contributed by atoms with Crippen LogP contribution in [0.1, 0.15) is 106 Å². The molecule has 2 N–H and O–H groups in total. The first-order valence-corrected chi connectivity index (χ1v) is 13.8. The molecular formula is C30H50O2. The molecule has 0 bridgehead atoms. The smallest absolute Gasteiger partial charge is 0.0594 e. The number of hydrogen-bond donors (Lipinski definition) is 2. The zero-order chi connectivity index (χ0) is 23.3. The number of aliphatic hydroxyl groups is 2. The summed E-state index contributed by atoms with van der Waals surface area (Å²) in [5, 5.41) is 21.5. The highest BCUT2D eigenvalue weighted by molar-refractivity contribution is 5.21. The van der Waals surface area contributed by atoms with Gasteiger partial charge in [-0.2, -0.15) is 0 Å². The summed E-state index contributed by atoms with van der Waals surface area (Å²) in [4.78, 5) is 0. The van der Waals surface area contributed by atoms with Crippen LogP contribution in [0.15, 0.2) is 12.2 Å². The second kappa shape index (κ2) is 7.09. The van der Waals surface area contributed by atoms with Gasteiger partial charge in [0.2, 0.25) is 0 Å². The maximum absolute atomic E-state index is 10.9. The number of allylic oxidation sites excluding steroid dienone is 1. The average Bonchev–Trinajstić information content (AvgIpc) is 3.12. The lowest BCUT2D eigenvalue weighted by atomic mass is 9.32. The van der Waals surface area contributed by atoms with Gasteiger partial charge in [-0.25, -0.2) is 0 Å². The molecule has 2 nitrogen and oxygen atoms in total.